The van der Waals surface area contributed by atoms with Gasteiger partial charge >= 0.3 is 0 Å². The average molecular weight is 283 g/mol. The van der Waals surface area contributed by atoms with E-state index in [9.17, 15) is 0 Å². The summed E-state index contributed by atoms with van der Waals surface area (Å²) in [5.74, 6) is 1.43. The lowest BCUT2D eigenvalue weighted by molar-refractivity contribution is 0.591. The number of aromatic nitrogens is 3. The van der Waals surface area contributed by atoms with Crippen LogP contribution in [0.2, 0.25) is 0 Å². The molecule has 1 atom stereocenters. The van der Waals surface area contributed by atoms with E-state index >= 15 is 0 Å². The SMILES string of the molecule is C/C=N\N(C)n1c(C)nnc1[C@H](C)N=C(Cl)/C=C/C. The van der Waals surface area contributed by atoms with E-state index in [0.29, 0.717) is 11.0 Å². The lowest BCUT2D eigenvalue weighted by Gasteiger charge is -2.18. The first-order valence-corrected chi connectivity index (χ1v) is 6.39. The molecule has 0 aliphatic carbocycles. The number of aliphatic imine (C=N–C) groups is 1. The number of halogens is 1. The molecule has 0 amide bonds. The second kappa shape index (κ2) is 7.04. The molecule has 1 aromatic rings. The van der Waals surface area contributed by atoms with Crippen LogP contribution in [0.15, 0.2) is 22.2 Å². The molecule has 1 rings (SSSR count). The van der Waals surface area contributed by atoms with Crippen LogP contribution in [-0.4, -0.2) is 33.3 Å². The number of rotatable bonds is 5. The Balaban J connectivity index is 3.11. The van der Waals surface area contributed by atoms with E-state index in [0.717, 1.165) is 5.82 Å². The third-order valence-electron chi connectivity index (χ3n) is 2.39. The van der Waals surface area contributed by atoms with Crippen LogP contribution in [-0.2, 0) is 0 Å². The van der Waals surface area contributed by atoms with Crippen molar-refractivity contribution in [3.63, 3.8) is 0 Å². The summed E-state index contributed by atoms with van der Waals surface area (Å²) < 4.78 is 1.80. The molecular weight excluding hydrogens is 264 g/mol. The number of hydrogen-bond acceptors (Lipinski definition) is 5. The lowest BCUT2D eigenvalue weighted by Crippen LogP contribution is -2.28. The molecular formula is C12H19ClN6. The van der Waals surface area contributed by atoms with Gasteiger partial charge in [0.2, 0.25) is 0 Å². The van der Waals surface area contributed by atoms with E-state index in [4.69, 9.17) is 11.6 Å². The van der Waals surface area contributed by atoms with Crippen molar-refractivity contribution in [2.45, 2.75) is 33.7 Å². The van der Waals surface area contributed by atoms with Crippen molar-refractivity contribution < 1.29 is 0 Å². The van der Waals surface area contributed by atoms with Gasteiger partial charge in [0.05, 0.1) is 0 Å². The molecule has 19 heavy (non-hydrogen) atoms. The second-order valence-electron chi connectivity index (χ2n) is 3.91. The molecule has 1 heterocycles. The van der Waals surface area contributed by atoms with Crippen molar-refractivity contribution in [3.05, 3.63) is 23.8 Å². The van der Waals surface area contributed by atoms with Gasteiger partial charge in [0.1, 0.15) is 11.2 Å². The Morgan fingerprint density at radius 1 is 1.42 bits per heavy atom. The molecule has 0 aliphatic heterocycles. The maximum Gasteiger partial charge on any atom is 0.178 e. The van der Waals surface area contributed by atoms with E-state index in [1.807, 2.05) is 40.8 Å². The van der Waals surface area contributed by atoms with Gasteiger partial charge in [0, 0.05) is 13.3 Å². The minimum Gasteiger partial charge on any atom is -0.262 e. The zero-order valence-electron chi connectivity index (χ0n) is 11.9. The molecule has 104 valence electrons. The smallest absolute Gasteiger partial charge is 0.178 e. The van der Waals surface area contributed by atoms with Crippen LogP contribution in [0.5, 0.6) is 0 Å². The first-order valence-electron chi connectivity index (χ1n) is 6.01. The van der Waals surface area contributed by atoms with E-state index in [-0.39, 0.29) is 6.04 Å². The van der Waals surface area contributed by atoms with E-state index in [1.165, 1.54) is 0 Å². The molecule has 0 aromatic carbocycles. The molecule has 1 aromatic heterocycles. The summed E-state index contributed by atoms with van der Waals surface area (Å²) in [6, 6.07) is -0.209. The Morgan fingerprint density at radius 2 is 2.11 bits per heavy atom. The minimum absolute atomic E-state index is 0.209. The van der Waals surface area contributed by atoms with E-state index in [1.54, 1.807) is 22.1 Å². The maximum absolute atomic E-state index is 5.99. The van der Waals surface area contributed by atoms with E-state index < -0.39 is 0 Å². The van der Waals surface area contributed by atoms with Crippen LogP contribution >= 0.6 is 11.6 Å². The summed E-state index contributed by atoms with van der Waals surface area (Å²) in [5, 5.41) is 14.5. The summed E-state index contributed by atoms with van der Waals surface area (Å²) in [6.07, 6.45) is 5.27. The molecule has 7 heteroatoms. The molecule has 0 fully saturated rings. The van der Waals surface area contributed by atoms with Crippen LogP contribution in [0.1, 0.15) is 38.5 Å². The zero-order chi connectivity index (χ0) is 14.4. The predicted octanol–water partition coefficient (Wildman–Crippen LogP) is 2.43. The van der Waals surface area contributed by atoms with Crippen LogP contribution in [0, 0.1) is 6.92 Å². The lowest BCUT2D eigenvalue weighted by atomic mass is 10.3. The first-order chi connectivity index (χ1) is 9.01. The molecule has 0 bridgehead atoms. The van der Waals surface area contributed by atoms with Crippen molar-refractivity contribution >= 4 is 23.0 Å². The summed E-state index contributed by atoms with van der Waals surface area (Å²) in [4.78, 5) is 4.35. The van der Waals surface area contributed by atoms with Crippen LogP contribution in [0.3, 0.4) is 0 Å². The summed E-state index contributed by atoms with van der Waals surface area (Å²) in [5.41, 5.74) is 0. The largest absolute Gasteiger partial charge is 0.262 e. The summed E-state index contributed by atoms with van der Waals surface area (Å²) >= 11 is 5.99. The van der Waals surface area contributed by atoms with Crippen molar-refractivity contribution in [2.75, 3.05) is 12.2 Å². The molecule has 0 aliphatic rings. The van der Waals surface area contributed by atoms with Gasteiger partial charge in [-0.25, -0.2) is 9.79 Å². The van der Waals surface area contributed by atoms with Crippen molar-refractivity contribution in [3.8, 4) is 0 Å². The number of aryl methyl sites for hydroxylation is 1. The van der Waals surface area contributed by atoms with Gasteiger partial charge in [0.25, 0.3) is 0 Å². The highest BCUT2D eigenvalue weighted by Gasteiger charge is 2.17. The number of nitrogens with zero attached hydrogens (tertiary/aromatic N) is 6. The first kappa shape index (κ1) is 15.4. The Morgan fingerprint density at radius 3 is 2.68 bits per heavy atom. The van der Waals surface area contributed by atoms with Gasteiger partial charge in [-0.2, -0.15) is 5.10 Å². The monoisotopic (exact) mass is 282 g/mol. The predicted molar refractivity (Wildman–Crippen MR) is 79.6 cm³/mol. The number of hydrazone groups is 1. The zero-order valence-corrected chi connectivity index (χ0v) is 12.6. The molecule has 6 nitrogen and oxygen atoms in total. The van der Waals surface area contributed by atoms with Gasteiger partial charge in [-0.05, 0) is 33.8 Å². The molecule has 0 radical (unpaired) electrons. The number of allylic oxidation sites excluding steroid dienone is 2. The Labute approximate surface area is 118 Å². The molecule has 0 N–H and O–H groups in total. The van der Waals surface area contributed by atoms with Crippen molar-refractivity contribution in [1.82, 2.24) is 14.9 Å². The fourth-order valence-corrected chi connectivity index (χ4v) is 1.91. The normalized spacial score (nSPS) is 14.5. The standard InChI is InChI=1S/C12H19ClN6/c1-6-8-11(13)15-9(3)12-17-16-10(4)19(12)18(5)14-7-2/h6-9H,1-5H3/b8-6+,14-7-,15-11?/t9-/m0/s1. The highest BCUT2D eigenvalue weighted by Crippen LogP contribution is 2.17. The van der Waals surface area contributed by atoms with Crippen LogP contribution in [0.25, 0.3) is 0 Å². The van der Waals surface area contributed by atoms with Crippen molar-refractivity contribution in [2.24, 2.45) is 10.1 Å². The second-order valence-corrected chi connectivity index (χ2v) is 4.30. The Kier molecular flexibility index (Phi) is 5.69. The van der Waals surface area contributed by atoms with Gasteiger partial charge in [-0.1, -0.05) is 17.7 Å². The molecule has 0 unspecified atom stereocenters. The average Bonchev–Trinajstić information content (AvgIpc) is 2.71. The van der Waals surface area contributed by atoms with Crippen molar-refractivity contribution in [1.29, 1.82) is 0 Å². The van der Waals surface area contributed by atoms with E-state index in [2.05, 4.69) is 20.3 Å². The third kappa shape index (κ3) is 3.89. The van der Waals surface area contributed by atoms with Crippen LogP contribution in [0.4, 0.5) is 0 Å². The topological polar surface area (TPSA) is 58.7 Å². The maximum atomic E-state index is 5.99. The van der Waals surface area contributed by atoms with Gasteiger partial charge < -0.3 is 0 Å². The molecule has 0 saturated carbocycles. The Bertz CT molecular complexity index is 502. The van der Waals surface area contributed by atoms with Gasteiger partial charge in [-0.3, -0.25) is 4.99 Å². The summed E-state index contributed by atoms with van der Waals surface area (Å²) in [6.45, 7) is 7.51. The molecule has 0 saturated heterocycles. The quantitative estimate of drug-likeness (QED) is 0.616. The fourth-order valence-electron chi connectivity index (χ4n) is 1.63. The third-order valence-corrected chi connectivity index (χ3v) is 2.61. The van der Waals surface area contributed by atoms with Gasteiger partial charge in [0.15, 0.2) is 11.6 Å². The molecule has 0 spiro atoms. The number of hydrogen-bond donors (Lipinski definition) is 0. The fraction of sp³-hybridized carbons (Fsp3) is 0.500. The summed E-state index contributed by atoms with van der Waals surface area (Å²) in [7, 11) is 1.82. The Hall–Kier alpha value is -1.69. The van der Waals surface area contributed by atoms with Crippen LogP contribution < -0.4 is 5.12 Å². The minimum atomic E-state index is -0.209. The highest BCUT2D eigenvalue weighted by atomic mass is 35.5. The van der Waals surface area contributed by atoms with Gasteiger partial charge in [-0.15, -0.1) is 10.2 Å². The highest BCUT2D eigenvalue weighted by molar-refractivity contribution is 6.68.